The SMILES string of the molecule is FC(F)(F)c1cc(-n2cncc2C2CCCN2)ccc1Cl. The molecule has 0 spiro atoms. The Bertz CT molecular complexity index is 645. The van der Waals surface area contributed by atoms with Gasteiger partial charge < -0.3 is 9.88 Å². The first-order chi connectivity index (χ1) is 9.97. The molecule has 1 N–H and O–H groups in total. The van der Waals surface area contributed by atoms with Crippen molar-refractivity contribution < 1.29 is 13.2 Å². The Balaban J connectivity index is 2.03. The van der Waals surface area contributed by atoms with Gasteiger partial charge in [0.1, 0.15) is 0 Å². The largest absolute Gasteiger partial charge is 0.417 e. The fraction of sp³-hybridized carbons (Fsp3) is 0.357. The van der Waals surface area contributed by atoms with Crippen LogP contribution >= 0.6 is 11.6 Å². The highest BCUT2D eigenvalue weighted by Gasteiger charge is 2.33. The van der Waals surface area contributed by atoms with Crippen LogP contribution in [0.2, 0.25) is 5.02 Å². The van der Waals surface area contributed by atoms with E-state index >= 15 is 0 Å². The first-order valence-electron chi connectivity index (χ1n) is 6.59. The van der Waals surface area contributed by atoms with Gasteiger partial charge >= 0.3 is 6.18 Å². The lowest BCUT2D eigenvalue weighted by molar-refractivity contribution is -0.137. The molecule has 3 nitrogen and oxygen atoms in total. The fourth-order valence-electron chi connectivity index (χ4n) is 2.60. The second-order valence-electron chi connectivity index (χ2n) is 5.00. The fourth-order valence-corrected chi connectivity index (χ4v) is 2.82. The van der Waals surface area contributed by atoms with Crippen LogP contribution in [-0.2, 0) is 6.18 Å². The Labute approximate surface area is 124 Å². The summed E-state index contributed by atoms with van der Waals surface area (Å²) >= 11 is 5.65. The highest BCUT2D eigenvalue weighted by atomic mass is 35.5. The number of halogens is 4. The number of rotatable bonds is 2. The standard InChI is InChI=1S/C14H13ClF3N3/c15-11-4-3-9(6-10(11)14(16,17)18)21-8-19-7-13(21)12-2-1-5-20-12/h3-4,6-8,12,20H,1-2,5H2. The van der Waals surface area contributed by atoms with Crippen LogP contribution in [0.15, 0.2) is 30.7 Å². The smallest absolute Gasteiger partial charge is 0.309 e. The van der Waals surface area contributed by atoms with Crippen LogP contribution in [0.5, 0.6) is 0 Å². The number of aromatic nitrogens is 2. The van der Waals surface area contributed by atoms with E-state index in [2.05, 4.69) is 10.3 Å². The Morgan fingerprint density at radius 1 is 1.33 bits per heavy atom. The number of hydrogen-bond donors (Lipinski definition) is 1. The van der Waals surface area contributed by atoms with Gasteiger partial charge in [0.2, 0.25) is 0 Å². The van der Waals surface area contributed by atoms with Crippen molar-refractivity contribution >= 4 is 11.6 Å². The van der Waals surface area contributed by atoms with Gasteiger partial charge in [0, 0.05) is 11.7 Å². The first-order valence-corrected chi connectivity index (χ1v) is 6.97. The molecule has 0 saturated carbocycles. The van der Waals surface area contributed by atoms with E-state index in [1.54, 1.807) is 16.8 Å². The molecule has 21 heavy (non-hydrogen) atoms. The third-order valence-corrected chi connectivity index (χ3v) is 3.95. The number of hydrogen-bond acceptors (Lipinski definition) is 2. The zero-order valence-electron chi connectivity index (χ0n) is 11.0. The monoisotopic (exact) mass is 315 g/mol. The van der Waals surface area contributed by atoms with E-state index in [0.29, 0.717) is 5.69 Å². The van der Waals surface area contributed by atoms with Gasteiger partial charge in [-0.1, -0.05) is 11.6 Å². The topological polar surface area (TPSA) is 29.9 Å². The van der Waals surface area contributed by atoms with E-state index in [9.17, 15) is 13.2 Å². The molecule has 0 radical (unpaired) electrons. The van der Waals surface area contributed by atoms with Gasteiger partial charge in [-0.05, 0) is 37.6 Å². The van der Waals surface area contributed by atoms with Crippen molar-refractivity contribution in [2.45, 2.75) is 25.1 Å². The van der Waals surface area contributed by atoms with Gasteiger partial charge in [-0.25, -0.2) is 4.98 Å². The highest BCUT2D eigenvalue weighted by Crippen LogP contribution is 2.36. The maximum absolute atomic E-state index is 13.0. The summed E-state index contributed by atoms with van der Waals surface area (Å²) in [4.78, 5) is 4.07. The summed E-state index contributed by atoms with van der Waals surface area (Å²) < 4.78 is 40.5. The minimum Gasteiger partial charge on any atom is -0.309 e. The molecule has 1 atom stereocenters. The van der Waals surface area contributed by atoms with E-state index in [-0.39, 0.29) is 11.1 Å². The van der Waals surface area contributed by atoms with Crippen LogP contribution < -0.4 is 5.32 Å². The van der Waals surface area contributed by atoms with E-state index in [1.165, 1.54) is 12.4 Å². The van der Waals surface area contributed by atoms with Crippen molar-refractivity contribution in [3.8, 4) is 5.69 Å². The molecule has 1 fully saturated rings. The Kier molecular flexibility index (Phi) is 3.67. The van der Waals surface area contributed by atoms with E-state index < -0.39 is 11.7 Å². The number of alkyl halides is 3. The van der Waals surface area contributed by atoms with Gasteiger partial charge in [0.15, 0.2) is 0 Å². The maximum Gasteiger partial charge on any atom is 0.417 e. The lowest BCUT2D eigenvalue weighted by Gasteiger charge is -2.16. The van der Waals surface area contributed by atoms with Gasteiger partial charge in [-0.3, -0.25) is 0 Å². The average molecular weight is 316 g/mol. The Hall–Kier alpha value is -1.53. The molecule has 1 saturated heterocycles. The quantitative estimate of drug-likeness (QED) is 0.909. The molecular weight excluding hydrogens is 303 g/mol. The molecule has 1 unspecified atom stereocenters. The summed E-state index contributed by atoms with van der Waals surface area (Å²) in [5.74, 6) is 0. The molecule has 1 aliphatic heterocycles. The van der Waals surface area contributed by atoms with Crippen LogP contribution in [0.25, 0.3) is 5.69 Å². The maximum atomic E-state index is 13.0. The molecule has 2 heterocycles. The molecule has 3 rings (SSSR count). The highest BCUT2D eigenvalue weighted by molar-refractivity contribution is 6.31. The van der Waals surface area contributed by atoms with Gasteiger partial charge in [0.25, 0.3) is 0 Å². The minimum atomic E-state index is -4.47. The molecule has 112 valence electrons. The van der Waals surface area contributed by atoms with Crippen LogP contribution in [-0.4, -0.2) is 16.1 Å². The predicted octanol–water partition coefficient (Wildman–Crippen LogP) is 3.97. The van der Waals surface area contributed by atoms with Crippen molar-refractivity contribution in [3.05, 3.63) is 47.0 Å². The molecular formula is C14H13ClF3N3. The van der Waals surface area contributed by atoms with Crippen molar-refractivity contribution in [2.24, 2.45) is 0 Å². The lowest BCUT2D eigenvalue weighted by atomic mass is 10.1. The van der Waals surface area contributed by atoms with E-state index in [4.69, 9.17) is 11.6 Å². The summed E-state index contributed by atoms with van der Waals surface area (Å²) in [5, 5.41) is 3.02. The number of nitrogens with one attached hydrogen (secondary N) is 1. The predicted molar refractivity (Wildman–Crippen MR) is 73.6 cm³/mol. The van der Waals surface area contributed by atoms with Crippen molar-refractivity contribution in [3.63, 3.8) is 0 Å². The zero-order valence-corrected chi connectivity index (χ0v) is 11.7. The second-order valence-corrected chi connectivity index (χ2v) is 5.41. The molecule has 1 aromatic carbocycles. The van der Waals surface area contributed by atoms with Crippen molar-refractivity contribution in [1.29, 1.82) is 0 Å². The number of nitrogens with zero attached hydrogens (tertiary/aromatic N) is 2. The molecule has 0 amide bonds. The third-order valence-electron chi connectivity index (χ3n) is 3.62. The summed E-state index contributed by atoms with van der Waals surface area (Å²) in [6.07, 6.45) is 0.735. The third kappa shape index (κ3) is 2.78. The van der Waals surface area contributed by atoms with E-state index in [1.807, 2.05) is 0 Å². The Morgan fingerprint density at radius 3 is 2.81 bits per heavy atom. The van der Waals surface area contributed by atoms with Crippen molar-refractivity contribution in [1.82, 2.24) is 14.9 Å². The summed E-state index contributed by atoms with van der Waals surface area (Å²) in [7, 11) is 0. The van der Waals surface area contributed by atoms with Crippen LogP contribution in [0.1, 0.15) is 30.1 Å². The summed E-state index contributed by atoms with van der Waals surface area (Å²) in [5.41, 5.74) is 0.441. The molecule has 2 aromatic rings. The zero-order chi connectivity index (χ0) is 15.0. The number of benzene rings is 1. The Morgan fingerprint density at radius 2 is 2.14 bits per heavy atom. The van der Waals surface area contributed by atoms with E-state index in [0.717, 1.165) is 31.1 Å². The van der Waals surface area contributed by atoms with Gasteiger partial charge in [-0.15, -0.1) is 0 Å². The molecule has 0 bridgehead atoms. The summed E-state index contributed by atoms with van der Waals surface area (Å²) in [6, 6.07) is 4.02. The first kappa shape index (κ1) is 14.4. The van der Waals surface area contributed by atoms with Crippen molar-refractivity contribution in [2.75, 3.05) is 6.54 Å². The van der Waals surface area contributed by atoms with Crippen LogP contribution in [0, 0.1) is 0 Å². The number of imidazole rings is 1. The molecule has 7 heteroatoms. The minimum absolute atomic E-state index is 0.123. The lowest BCUT2D eigenvalue weighted by Crippen LogP contribution is -2.16. The second kappa shape index (κ2) is 5.35. The van der Waals surface area contributed by atoms with Gasteiger partial charge in [0.05, 0.1) is 28.8 Å². The molecule has 0 aliphatic carbocycles. The summed E-state index contributed by atoms with van der Waals surface area (Å²) in [6.45, 7) is 0.907. The van der Waals surface area contributed by atoms with Crippen LogP contribution in [0.3, 0.4) is 0 Å². The molecule has 1 aliphatic rings. The molecule has 1 aromatic heterocycles. The average Bonchev–Trinajstić information content (AvgIpc) is 3.08. The van der Waals surface area contributed by atoms with Gasteiger partial charge in [-0.2, -0.15) is 13.2 Å². The normalized spacial score (nSPS) is 19.1. The van der Waals surface area contributed by atoms with Crippen LogP contribution in [0.4, 0.5) is 13.2 Å².